The van der Waals surface area contributed by atoms with Gasteiger partial charge in [-0.1, -0.05) is 35.0 Å². The highest BCUT2D eigenvalue weighted by molar-refractivity contribution is 7.12. The van der Waals surface area contributed by atoms with E-state index in [1.54, 1.807) is 31.2 Å². The SMILES string of the molecule is CC(=NOC(=O)c1ccccc1Cl)c1cccs1. The lowest BCUT2D eigenvalue weighted by molar-refractivity contribution is 0.0516. The van der Waals surface area contributed by atoms with Crippen molar-refractivity contribution in [3.63, 3.8) is 0 Å². The molecule has 0 fully saturated rings. The lowest BCUT2D eigenvalue weighted by Crippen LogP contribution is -2.03. The average Bonchev–Trinajstić information content (AvgIpc) is 2.90. The molecule has 0 unspecified atom stereocenters. The van der Waals surface area contributed by atoms with Crippen LogP contribution in [0.5, 0.6) is 0 Å². The first kappa shape index (κ1) is 12.8. The zero-order chi connectivity index (χ0) is 13.0. The topological polar surface area (TPSA) is 38.7 Å². The highest BCUT2D eigenvalue weighted by Gasteiger charge is 2.11. The summed E-state index contributed by atoms with van der Waals surface area (Å²) in [7, 11) is 0. The van der Waals surface area contributed by atoms with Crippen molar-refractivity contribution in [3.05, 3.63) is 57.2 Å². The van der Waals surface area contributed by atoms with Crippen molar-refractivity contribution < 1.29 is 9.63 Å². The monoisotopic (exact) mass is 279 g/mol. The Labute approximate surface area is 114 Å². The van der Waals surface area contributed by atoms with Gasteiger partial charge in [0.1, 0.15) is 0 Å². The zero-order valence-electron chi connectivity index (χ0n) is 9.59. The van der Waals surface area contributed by atoms with Gasteiger partial charge >= 0.3 is 5.97 Å². The summed E-state index contributed by atoms with van der Waals surface area (Å²) in [4.78, 5) is 17.6. The molecule has 1 aromatic heterocycles. The number of hydrogen-bond acceptors (Lipinski definition) is 4. The molecule has 0 spiro atoms. The minimum atomic E-state index is -0.559. The first-order chi connectivity index (χ1) is 8.68. The van der Waals surface area contributed by atoms with Gasteiger partial charge in [0.25, 0.3) is 0 Å². The van der Waals surface area contributed by atoms with Crippen LogP contribution in [0.3, 0.4) is 0 Å². The molecule has 2 rings (SSSR count). The highest BCUT2D eigenvalue weighted by atomic mass is 35.5. The summed E-state index contributed by atoms with van der Waals surface area (Å²) >= 11 is 7.42. The van der Waals surface area contributed by atoms with E-state index >= 15 is 0 Å². The van der Waals surface area contributed by atoms with Crippen LogP contribution in [-0.2, 0) is 4.84 Å². The predicted octanol–water partition coefficient (Wildman–Crippen LogP) is 3.98. The smallest absolute Gasteiger partial charge is 0.312 e. The van der Waals surface area contributed by atoms with Crippen molar-refractivity contribution in [2.45, 2.75) is 6.92 Å². The molecule has 1 heterocycles. The zero-order valence-corrected chi connectivity index (χ0v) is 11.2. The maximum Gasteiger partial charge on any atom is 0.367 e. The fourth-order valence-corrected chi connectivity index (χ4v) is 2.20. The van der Waals surface area contributed by atoms with Crippen molar-refractivity contribution >= 4 is 34.6 Å². The van der Waals surface area contributed by atoms with Crippen molar-refractivity contribution in [1.29, 1.82) is 0 Å². The number of nitrogens with zero attached hydrogens (tertiary/aromatic N) is 1. The first-order valence-electron chi connectivity index (χ1n) is 5.23. The molecule has 0 bridgehead atoms. The highest BCUT2D eigenvalue weighted by Crippen LogP contribution is 2.16. The van der Waals surface area contributed by atoms with Crippen LogP contribution in [0.2, 0.25) is 5.02 Å². The molecule has 0 N–H and O–H groups in total. The summed E-state index contributed by atoms with van der Waals surface area (Å²) < 4.78 is 0. The van der Waals surface area contributed by atoms with Gasteiger partial charge in [-0.25, -0.2) is 4.79 Å². The molecule has 0 aliphatic carbocycles. The Morgan fingerprint density at radius 1 is 1.28 bits per heavy atom. The number of benzene rings is 1. The van der Waals surface area contributed by atoms with E-state index in [0.717, 1.165) is 4.88 Å². The second kappa shape index (κ2) is 5.80. The van der Waals surface area contributed by atoms with Gasteiger partial charge in [0.05, 0.1) is 21.2 Å². The van der Waals surface area contributed by atoms with Crippen molar-refractivity contribution in [3.8, 4) is 0 Å². The van der Waals surface area contributed by atoms with Crippen LogP contribution < -0.4 is 0 Å². The second-order valence-electron chi connectivity index (χ2n) is 3.51. The molecule has 0 aliphatic heterocycles. The van der Waals surface area contributed by atoms with E-state index < -0.39 is 5.97 Å². The molecule has 0 radical (unpaired) electrons. The lowest BCUT2D eigenvalue weighted by atomic mass is 10.2. The Bertz CT molecular complexity index is 578. The van der Waals surface area contributed by atoms with Crippen LogP contribution in [-0.4, -0.2) is 11.7 Å². The quantitative estimate of drug-likeness (QED) is 0.484. The third-order valence-electron chi connectivity index (χ3n) is 2.24. The molecular formula is C13H10ClNO2S. The van der Waals surface area contributed by atoms with E-state index in [1.807, 2.05) is 17.5 Å². The molecule has 1 aromatic carbocycles. The van der Waals surface area contributed by atoms with E-state index in [1.165, 1.54) is 11.3 Å². The number of hydrogen-bond donors (Lipinski definition) is 0. The third-order valence-corrected chi connectivity index (χ3v) is 3.55. The molecule has 3 nitrogen and oxygen atoms in total. The van der Waals surface area contributed by atoms with Gasteiger partial charge < -0.3 is 4.84 Å². The number of oxime groups is 1. The van der Waals surface area contributed by atoms with Gasteiger partial charge in [0.15, 0.2) is 0 Å². The van der Waals surface area contributed by atoms with Gasteiger partial charge in [0, 0.05) is 0 Å². The maximum absolute atomic E-state index is 11.7. The molecular weight excluding hydrogens is 270 g/mol. The Balaban J connectivity index is 2.09. The molecule has 5 heteroatoms. The van der Waals surface area contributed by atoms with Crippen molar-refractivity contribution in [1.82, 2.24) is 0 Å². The molecule has 0 aliphatic rings. The molecule has 0 saturated carbocycles. The molecule has 0 saturated heterocycles. The number of halogens is 1. The minimum absolute atomic E-state index is 0.307. The Kier molecular flexibility index (Phi) is 4.12. The fraction of sp³-hybridized carbons (Fsp3) is 0.0769. The summed E-state index contributed by atoms with van der Waals surface area (Å²) in [6, 6.07) is 10.5. The minimum Gasteiger partial charge on any atom is -0.312 e. The molecule has 0 amide bonds. The van der Waals surface area contributed by atoms with Crippen molar-refractivity contribution in [2.24, 2.45) is 5.16 Å². The van der Waals surface area contributed by atoms with E-state index in [2.05, 4.69) is 5.16 Å². The van der Waals surface area contributed by atoms with E-state index in [0.29, 0.717) is 16.3 Å². The molecule has 0 atom stereocenters. The number of thiophene rings is 1. The molecule has 92 valence electrons. The van der Waals surface area contributed by atoms with Crippen LogP contribution in [0.15, 0.2) is 46.9 Å². The molecule has 2 aromatic rings. The van der Waals surface area contributed by atoms with Crippen LogP contribution in [0.4, 0.5) is 0 Å². The van der Waals surface area contributed by atoms with E-state index in [-0.39, 0.29) is 0 Å². The van der Waals surface area contributed by atoms with Crippen molar-refractivity contribution in [2.75, 3.05) is 0 Å². The van der Waals surface area contributed by atoms with E-state index in [4.69, 9.17) is 16.4 Å². The summed E-state index contributed by atoms with van der Waals surface area (Å²) in [5, 5.41) is 6.09. The van der Waals surface area contributed by atoms with Crippen LogP contribution in [0.1, 0.15) is 22.2 Å². The summed E-state index contributed by atoms with van der Waals surface area (Å²) in [6.07, 6.45) is 0. The first-order valence-corrected chi connectivity index (χ1v) is 6.48. The number of carbonyl (C=O) groups excluding carboxylic acids is 1. The average molecular weight is 280 g/mol. The normalized spacial score (nSPS) is 11.3. The fourth-order valence-electron chi connectivity index (χ4n) is 1.32. The number of rotatable bonds is 3. The predicted molar refractivity (Wildman–Crippen MR) is 73.4 cm³/mol. The Morgan fingerprint density at radius 3 is 2.72 bits per heavy atom. The van der Waals surface area contributed by atoms with Gasteiger partial charge in [-0.15, -0.1) is 11.3 Å². The second-order valence-corrected chi connectivity index (χ2v) is 4.87. The van der Waals surface area contributed by atoms with Crippen LogP contribution in [0.25, 0.3) is 0 Å². The maximum atomic E-state index is 11.7. The van der Waals surface area contributed by atoms with Gasteiger partial charge in [-0.05, 0) is 30.5 Å². The summed E-state index contributed by atoms with van der Waals surface area (Å²) in [5.41, 5.74) is 0.965. The summed E-state index contributed by atoms with van der Waals surface area (Å²) in [5.74, 6) is -0.559. The summed E-state index contributed by atoms with van der Waals surface area (Å²) in [6.45, 7) is 1.78. The van der Waals surface area contributed by atoms with E-state index in [9.17, 15) is 4.79 Å². The van der Waals surface area contributed by atoms with Crippen LogP contribution in [0, 0.1) is 0 Å². The van der Waals surface area contributed by atoms with Gasteiger partial charge in [-0.2, -0.15) is 0 Å². The van der Waals surface area contributed by atoms with Crippen LogP contribution >= 0.6 is 22.9 Å². The van der Waals surface area contributed by atoms with Gasteiger partial charge in [0.2, 0.25) is 0 Å². The lowest BCUT2D eigenvalue weighted by Gasteiger charge is -2.01. The molecule has 18 heavy (non-hydrogen) atoms. The Hall–Kier alpha value is -1.65. The van der Waals surface area contributed by atoms with Gasteiger partial charge in [-0.3, -0.25) is 0 Å². The standard InChI is InChI=1S/C13H10ClNO2S/c1-9(12-7-4-8-18-12)15-17-13(16)10-5-2-3-6-11(10)14/h2-8H,1H3. The largest absolute Gasteiger partial charge is 0.367 e. The third kappa shape index (κ3) is 2.97. The number of carbonyl (C=O) groups is 1. The Morgan fingerprint density at radius 2 is 2.06 bits per heavy atom.